The maximum Gasteiger partial charge on any atom is 0.322 e. The van der Waals surface area contributed by atoms with Gasteiger partial charge in [0, 0.05) is 24.1 Å². The van der Waals surface area contributed by atoms with Gasteiger partial charge in [-0.25, -0.2) is 9.80 Å². The molecule has 0 spiro atoms. The summed E-state index contributed by atoms with van der Waals surface area (Å²) in [7, 11) is 4.68. The summed E-state index contributed by atoms with van der Waals surface area (Å²) in [6, 6.07) is 21.2. The Hall–Kier alpha value is -4.04. The van der Waals surface area contributed by atoms with Crippen LogP contribution >= 0.6 is 11.6 Å². The number of halogens is 1. The molecule has 1 aliphatic heterocycles. The summed E-state index contributed by atoms with van der Waals surface area (Å²) in [6.45, 7) is -0.174. The lowest BCUT2D eigenvalue weighted by Gasteiger charge is -2.25. The number of ether oxygens (including phenoxy) is 2. The van der Waals surface area contributed by atoms with Crippen LogP contribution in [0.15, 0.2) is 77.9 Å². The molecule has 0 saturated carbocycles. The molecule has 4 rings (SSSR count). The van der Waals surface area contributed by atoms with E-state index in [1.165, 1.54) is 17.0 Å². The Kier molecular flexibility index (Phi) is 7.75. The maximum absolute atomic E-state index is 13.4. The second-order valence-corrected chi connectivity index (χ2v) is 8.65. The standard InChI is InChI=1S/C27H27ClN4O4/c1-31(27(34)29-22-10-6-7-11-25(22)36-3)17-26(33)32-24(18-12-14-19(35-2)15-13-18)16-23(30-32)20-8-4-5-9-21(20)28/h4-15,24H,16-17H2,1-3H3,(H,29,34). The van der Waals surface area contributed by atoms with Gasteiger partial charge in [0.15, 0.2) is 0 Å². The third-order valence-electron chi connectivity index (χ3n) is 5.92. The first-order valence-electron chi connectivity index (χ1n) is 11.3. The number of carbonyl (C=O) groups is 2. The normalized spacial score (nSPS) is 14.7. The fourth-order valence-electron chi connectivity index (χ4n) is 3.99. The van der Waals surface area contributed by atoms with Crippen molar-refractivity contribution in [2.45, 2.75) is 12.5 Å². The van der Waals surface area contributed by atoms with E-state index in [1.807, 2.05) is 48.5 Å². The maximum atomic E-state index is 13.4. The molecule has 0 aromatic heterocycles. The molecule has 1 N–H and O–H groups in total. The second kappa shape index (κ2) is 11.1. The minimum Gasteiger partial charge on any atom is -0.497 e. The number of rotatable bonds is 7. The molecule has 186 valence electrons. The molecule has 3 amide bonds. The highest BCUT2D eigenvalue weighted by atomic mass is 35.5. The first kappa shape index (κ1) is 25.1. The molecule has 1 aliphatic rings. The van der Waals surface area contributed by atoms with Gasteiger partial charge in [-0.15, -0.1) is 0 Å². The Balaban J connectivity index is 1.55. The Labute approximate surface area is 215 Å². The number of methoxy groups -OCH3 is 2. The van der Waals surface area contributed by atoms with Crippen LogP contribution in [0.5, 0.6) is 11.5 Å². The van der Waals surface area contributed by atoms with E-state index in [0.717, 1.165) is 16.9 Å². The average Bonchev–Trinajstić information content (AvgIpc) is 3.34. The minimum absolute atomic E-state index is 0.174. The van der Waals surface area contributed by atoms with Crippen LogP contribution in [0, 0.1) is 0 Å². The molecule has 0 fully saturated rings. The van der Waals surface area contributed by atoms with Crippen molar-refractivity contribution in [2.24, 2.45) is 5.10 Å². The predicted octanol–water partition coefficient (Wildman–Crippen LogP) is 5.20. The van der Waals surface area contributed by atoms with E-state index < -0.39 is 6.03 Å². The second-order valence-electron chi connectivity index (χ2n) is 8.24. The van der Waals surface area contributed by atoms with Gasteiger partial charge in [-0.1, -0.05) is 54.1 Å². The van der Waals surface area contributed by atoms with Crippen LogP contribution in [-0.2, 0) is 4.79 Å². The van der Waals surface area contributed by atoms with Crippen LogP contribution in [-0.4, -0.2) is 55.4 Å². The van der Waals surface area contributed by atoms with Crippen molar-refractivity contribution in [3.63, 3.8) is 0 Å². The average molecular weight is 507 g/mol. The number of urea groups is 1. The summed E-state index contributed by atoms with van der Waals surface area (Å²) in [5.41, 5.74) is 2.89. The number of nitrogens with zero attached hydrogens (tertiary/aromatic N) is 3. The van der Waals surface area contributed by atoms with Crippen molar-refractivity contribution in [3.8, 4) is 11.5 Å². The lowest BCUT2D eigenvalue weighted by molar-refractivity contribution is -0.133. The Morgan fingerprint density at radius 1 is 1.03 bits per heavy atom. The minimum atomic E-state index is -0.441. The van der Waals surface area contributed by atoms with Crippen molar-refractivity contribution in [1.82, 2.24) is 9.91 Å². The smallest absolute Gasteiger partial charge is 0.322 e. The van der Waals surface area contributed by atoms with Gasteiger partial charge >= 0.3 is 6.03 Å². The Morgan fingerprint density at radius 2 is 1.72 bits per heavy atom. The van der Waals surface area contributed by atoms with Gasteiger partial charge < -0.3 is 19.7 Å². The van der Waals surface area contributed by atoms with E-state index in [1.54, 1.807) is 38.4 Å². The highest BCUT2D eigenvalue weighted by Gasteiger charge is 2.34. The molecule has 36 heavy (non-hydrogen) atoms. The number of anilines is 1. The number of carbonyl (C=O) groups excluding carboxylic acids is 2. The van der Waals surface area contributed by atoms with Crippen molar-refractivity contribution < 1.29 is 19.1 Å². The third-order valence-corrected chi connectivity index (χ3v) is 6.25. The van der Waals surface area contributed by atoms with Gasteiger partial charge in [0.05, 0.1) is 31.7 Å². The van der Waals surface area contributed by atoms with E-state index in [9.17, 15) is 9.59 Å². The fourth-order valence-corrected chi connectivity index (χ4v) is 4.23. The van der Waals surface area contributed by atoms with Crippen LogP contribution in [0.3, 0.4) is 0 Å². The van der Waals surface area contributed by atoms with Crippen LogP contribution in [0.2, 0.25) is 5.02 Å². The summed E-state index contributed by atoms with van der Waals surface area (Å²) in [5, 5.41) is 9.43. The molecule has 1 heterocycles. The van der Waals surface area contributed by atoms with Gasteiger partial charge in [0.25, 0.3) is 5.91 Å². The molecule has 0 radical (unpaired) electrons. The highest BCUT2D eigenvalue weighted by Crippen LogP contribution is 2.35. The quantitative estimate of drug-likeness (QED) is 0.477. The molecule has 3 aromatic carbocycles. The molecule has 9 heteroatoms. The lowest BCUT2D eigenvalue weighted by Crippen LogP contribution is -2.41. The number of likely N-dealkylation sites (N-methyl/N-ethyl adjacent to an activating group) is 1. The van der Waals surface area contributed by atoms with Gasteiger partial charge in [0.1, 0.15) is 18.0 Å². The van der Waals surface area contributed by atoms with E-state index in [0.29, 0.717) is 28.6 Å². The van der Waals surface area contributed by atoms with Crippen LogP contribution < -0.4 is 14.8 Å². The molecule has 8 nitrogen and oxygen atoms in total. The number of amides is 3. The van der Waals surface area contributed by atoms with Gasteiger partial charge in [-0.2, -0.15) is 5.10 Å². The number of hydrogen-bond donors (Lipinski definition) is 1. The molecule has 1 unspecified atom stereocenters. The molecular formula is C27H27ClN4O4. The van der Waals surface area contributed by atoms with E-state index in [2.05, 4.69) is 10.4 Å². The molecule has 0 aliphatic carbocycles. The SMILES string of the molecule is COc1ccc(C2CC(c3ccccc3Cl)=NN2C(=O)CN(C)C(=O)Nc2ccccc2OC)cc1. The number of hydrazone groups is 1. The summed E-state index contributed by atoms with van der Waals surface area (Å²) in [6.07, 6.45) is 0.485. The van der Waals surface area contributed by atoms with Gasteiger partial charge in [-0.05, 0) is 35.9 Å². The summed E-state index contributed by atoms with van der Waals surface area (Å²) in [5.74, 6) is 0.920. The van der Waals surface area contributed by atoms with Crippen molar-refractivity contribution in [3.05, 3.63) is 88.9 Å². The fraction of sp³-hybridized carbons (Fsp3) is 0.222. The first-order chi connectivity index (χ1) is 17.4. The lowest BCUT2D eigenvalue weighted by atomic mass is 9.98. The number of para-hydroxylation sites is 2. The van der Waals surface area contributed by atoms with E-state index in [-0.39, 0.29) is 18.5 Å². The summed E-state index contributed by atoms with van der Waals surface area (Å²) in [4.78, 5) is 27.5. The zero-order chi connectivity index (χ0) is 25.7. The van der Waals surface area contributed by atoms with Gasteiger partial charge in [-0.3, -0.25) is 4.79 Å². The van der Waals surface area contributed by atoms with Crippen LogP contribution in [0.4, 0.5) is 10.5 Å². The topological polar surface area (TPSA) is 83.5 Å². The number of benzene rings is 3. The van der Waals surface area contributed by atoms with Crippen molar-refractivity contribution in [2.75, 3.05) is 33.1 Å². The molecule has 3 aromatic rings. The number of nitrogens with one attached hydrogen (secondary N) is 1. The monoisotopic (exact) mass is 506 g/mol. The van der Waals surface area contributed by atoms with Crippen LogP contribution in [0.1, 0.15) is 23.6 Å². The Morgan fingerprint density at radius 3 is 2.42 bits per heavy atom. The molecular weight excluding hydrogens is 480 g/mol. The van der Waals surface area contributed by atoms with Crippen molar-refractivity contribution >= 4 is 34.9 Å². The van der Waals surface area contributed by atoms with E-state index >= 15 is 0 Å². The number of hydrogen-bond acceptors (Lipinski definition) is 5. The summed E-state index contributed by atoms with van der Waals surface area (Å²) >= 11 is 6.42. The molecule has 1 atom stereocenters. The highest BCUT2D eigenvalue weighted by molar-refractivity contribution is 6.34. The van der Waals surface area contributed by atoms with Crippen molar-refractivity contribution in [1.29, 1.82) is 0 Å². The third kappa shape index (κ3) is 5.44. The zero-order valence-electron chi connectivity index (χ0n) is 20.3. The Bertz CT molecular complexity index is 1280. The first-order valence-corrected chi connectivity index (χ1v) is 11.7. The summed E-state index contributed by atoms with van der Waals surface area (Å²) < 4.78 is 10.6. The zero-order valence-corrected chi connectivity index (χ0v) is 21.0. The van der Waals surface area contributed by atoms with E-state index in [4.69, 9.17) is 21.1 Å². The van der Waals surface area contributed by atoms with Gasteiger partial charge in [0.2, 0.25) is 0 Å². The largest absolute Gasteiger partial charge is 0.497 e. The molecule has 0 bridgehead atoms. The predicted molar refractivity (Wildman–Crippen MR) is 140 cm³/mol. The molecule has 0 saturated heterocycles. The van der Waals surface area contributed by atoms with Crippen LogP contribution in [0.25, 0.3) is 0 Å².